The first-order valence-electron chi connectivity index (χ1n) is 6.45. The van der Waals surface area contributed by atoms with Gasteiger partial charge < -0.3 is 15.5 Å². The van der Waals surface area contributed by atoms with Crippen LogP contribution in [-0.2, 0) is 0 Å². The predicted octanol–water partition coefficient (Wildman–Crippen LogP) is 1.04. The summed E-state index contributed by atoms with van der Waals surface area (Å²) in [6, 6.07) is -0.145. The summed E-state index contributed by atoms with van der Waals surface area (Å²) in [7, 11) is 2.12. The number of amides is 2. The van der Waals surface area contributed by atoms with Gasteiger partial charge in [-0.3, -0.25) is 0 Å². The number of likely N-dealkylation sites (tertiary alicyclic amines) is 1. The standard InChI is InChI=1S/C12H22N4O/c1-3-7-16-11(17)14-10(13)12(16)5-4-8-15(2)9-6-12/h3-9H2,1-2H3,(H2,13,14,17). The van der Waals surface area contributed by atoms with Crippen molar-refractivity contribution in [1.29, 1.82) is 0 Å². The van der Waals surface area contributed by atoms with Gasteiger partial charge in [0.15, 0.2) is 0 Å². The van der Waals surface area contributed by atoms with Gasteiger partial charge in [0.25, 0.3) is 0 Å². The van der Waals surface area contributed by atoms with E-state index in [1.165, 1.54) is 0 Å². The van der Waals surface area contributed by atoms with Crippen molar-refractivity contribution < 1.29 is 4.79 Å². The lowest BCUT2D eigenvalue weighted by Crippen LogP contribution is -2.54. The van der Waals surface area contributed by atoms with Crippen LogP contribution in [0.3, 0.4) is 0 Å². The minimum absolute atomic E-state index is 0.145. The molecule has 0 aliphatic carbocycles. The van der Waals surface area contributed by atoms with Crippen LogP contribution in [0.5, 0.6) is 0 Å². The number of aliphatic imine (C=N–C) groups is 1. The van der Waals surface area contributed by atoms with Crippen LogP contribution in [-0.4, -0.2) is 53.9 Å². The van der Waals surface area contributed by atoms with Crippen LogP contribution in [0.2, 0.25) is 0 Å². The molecule has 2 aliphatic rings. The largest absolute Gasteiger partial charge is 0.385 e. The van der Waals surface area contributed by atoms with Gasteiger partial charge in [-0.1, -0.05) is 6.92 Å². The Morgan fingerprint density at radius 1 is 1.41 bits per heavy atom. The number of rotatable bonds is 2. The van der Waals surface area contributed by atoms with E-state index in [1.54, 1.807) is 0 Å². The molecule has 5 nitrogen and oxygen atoms in total. The molecule has 1 spiro atoms. The molecule has 0 aromatic rings. The second kappa shape index (κ2) is 4.64. The fourth-order valence-corrected chi connectivity index (χ4v) is 2.90. The predicted molar refractivity (Wildman–Crippen MR) is 68.1 cm³/mol. The van der Waals surface area contributed by atoms with Crippen LogP contribution in [0.1, 0.15) is 32.6 Å². The van der Waals surface area contributed by atoms with Gasteiger partial charge in [-0.15, -0.1) is 0 Å². The van der Waals surface area contributed by atoms with Crippen molar-refractivity contribution >= 4 is 11.9 Å². The lowest BCUT2D eigenvalue weighted by Gasteiger charge is -2.37. The van der Waals surface area contributed by atoms with E-state index in [0.717, 1.165) is 45.3 Å². The highest BCUT2D eigenvalue weighted by molar-refractivity contribution is 6.05. The summed E-state index contributed by atoms with van der Waals surface area (Å²) in [5.74, 6) is 0.534. The lowest BCUT2D eigenvalue weighted by molar-refractivity contribution is 0.160. The third kappa shape index (κ3) is 2.04. The molecule has 0 aromatic carbocycles. The number of hydrogen-bond acceptors (Lipinski definition) is 3. The van der Waals surface area contributed by atoms with Crippen molar-refractivity contribution in [3.63, 3.8) is 0 Å². The van der Waals surface area contributed by atoms with Gasteiger partial charge in [0.2, 0.25) is 0 Å². The van der Waals surface area contributed by atoms with Crippen LogP contribution < -0.4 is 5.73 Å². The molecule has 1 unspecified atom stereocenters. The van der Waals surface area contributed by atoms with Crippen LogP contribution in [0.15, 0.2) is 4.99 Å². The van der Waals surface area contributed by atoms with Gasteiger partial charge >= 0.3 is 6.03 Å². The van der Waals surface area contributed by atoms with E-state index in [4.69, 9.17) is 5.73 Å². The van der Waals surface area contributed by atoms with E-state index >= 15 is 0 Å². The lowest BCUT2D eigenvalue weighted by atomic mass is 9.88. The maximum atomic E-state index is 11.9. The SMILES string of the molecule is CCCN1C(=O)N=C(N)C12CCCN(C)CC2. The Morgan fingerprint density at radius 2 is 2.18 bits per heavy atom. The molecular weight excluding hydrogens is 216 g/mol. The molecule has 0 radical (unpaired) electrons. The van der Waals surface area contributed by atoms with Crippen molar-refractivity contribution in [2.24, 2.45) is 10.7 Å². The number of urea groups is 1. The van der Waals surface area contributed by atoms with Crippen molar-refractivity contribution in [2.45, 2.75) is 38.1 Å². The smallest absolute Gasteiger partial charge is 0.346 e. The number of carbonyl (C=O) groups excluding carboxylic acids is 1. The molecule has 1 atom stereocenters. The Labute approximate surface area is 103 Å². The normalized spacial score (nSPS) is 30.8. The maximum Gasteiger partial charge on any atom is 0.346 e. The van der Waals surface area contributed by atoms with E-state index in [0.29, 0.717) is 5.84 Å². The molecule has 0 aromatic heterocycles. The molecular formula is C12H22N4O. The minimum atomic E-state index is -0.294. The average Bonchev–Trinajstić information content (AvgIpc) is 2.44. The number of nitrogens with zero attached hydrogens (tertiary/aromatic N) is 3. The van der Waals surface area contributed by atoms with E-state index in [9.17, 15) is 4.79 Å². The third-order valence-electron chi connectivity index (χ3n) is 3.92. The van der Waals surface area contributed by atoms with Crippen LogP contribution in [0.25, 0.3) is 0 Å². The Bertz CT molecular complexity index is 341. The van der Waals surface area contributed by atoms with Crippen LogP contribution in [0, 0.1) is 0 Å². The number of nitrogens with two attached hydrogens (primary N) is 1. The molecule has 1 saturated heterocycles. The van der Waals surface area contributed by atoms with Crippen molar-refractivity contribution in [3.05, 3.63) is 0 Å². The van der Waals surface area contributed by atoms with E-state index < -0.39 is 0 Å². The Morgan fingerprint density at radius 3 is 2.88 bits per heavy atom. The highest BCUT2D eigenvalue weighted by Crippen LogP contribution is 2.33. The van der Waals surface area contributed by atoms with Crippen LogP contribution in [0.4, 0.5) is 4.79 Å². The quantitative estimate of drug-likeness (QED) is 0.782. The second-order valence-corrected chi connectivity index (χ2v) is 5.12. The third-order valence-corrected chi connectivity index (χ3v) is 3.92. The topological polar surface area (TPSA) is 61.9 Å². The second-order valence-electron chi connectivity index (χ2n) is 5.12. The molecule has 0 bridgehead atoms. The zero-order chi connectivity index (χ0) is 12.5. The fraction of sp³-hybridized carbons (Fsp3) is 0.833. The van der Waals surface area contributed by atoms with E-state index in [1.807, 2.05) is 4.90 Å². The first-order valence-corrected chi connectivity index (χ1v) is 6.45. The van der Waals surface area contributed by atoms with Gasteiger partial charge in [-0.25, -0.2) is 4.79 Å². The van der Waals surface area contributed by atoms with Gasteiger partial charge in [-0.05, 0) is 39.3 Å². The summed E-state index contributed by atoms with van der Waals surface area (Å²) in [5.41, 5.74) is 5.75. The highest BCUT2D eigenvalue weighted by atomic mass is 16.2. The van der Waals surface area contributed by atoms with Crippen LogP contribution >= 0.6 is 0 Å². The molecule has 2 rings (SSSR count). The van der Waals surface area contributed by atoms with Crippen molar-refractivity contribution in [1.82, 2.24) is 9.80 Å². The van der Waals surface area contributed by atoms with Crippen molar-refractivity contribution in [2.75, 3.05) is 26.7 Å². The highest BCUT2D eigenvalue weighted by Gasteiger charge is 2.47. The summed E-state index contributed by atoms with van der Waals surface area (Å²) >= 11 is 0. The summed E-state index contributed by atoms with van der Waals surface area (Å²) in [6.07, 6.45) is 3.87. The summed E-state index contributed by atoms with van der Waals surface area (Å²) in [4.78, 5) is 20.1. The molecule has 2 aliphatic heterocycles. The first-order chi connectivity index (χ1) is 8.10. The molecule has 2 N–H and O–H groups in total. The first kappa shape index (κ1) is 12.4. The Balaban J connectivity index is 2.25. The number of amidine groups is 1. The fourth-order valence-electron chi connectivity index (χ4n) is 2.90. The average molecular weight is 238 g/mol. The van der Waals surface area contributed by atoms with Gasteiger partial charge in [0, 0.05) is 13.1 Å². The molecule has 0 saturated carbocycles. The minimum Gasteiger partial charge on any atom is -0.385 e. The summed E-state index contributed by atoms with van der Waals surface area (Å²) in [5, 5.41) is 0. The Kier molecular flexibility index (Phi) is 3.38. The molecule has 2 heterocycles. The molecule has 96 valence electrons. The van der Waals surface area contributed by atoms with E-state index in [-0.39, 0.29) is 11.6 Å². The van der Waals surface area contributed by atoms with Gasteiger partial charge in [-0.2, -0.15) is 4.99 Å². The van der Waals surface area contributed by atoms with Crippen molar-refractivity contribution in [3.8, 4) is 0 Å². The Hall–Kier alpha value is -1.10. The summed E-state index contributed by atoms with van der Waals surface area (Å²) in [6.45, 7) is 4.89. The monoisotopic (exact) mass is 238 g/mol. The van der Waals surface area contributed by atoms with E-state index in [2.05, 4.69) is 23.9 Å². The zero-order valence-electron chi connectivity index (χ0n) is 10.8. The number of carbonyl (C=O) groups is 1. The zero-order valence-corrected chi connectivity index (χ0v) is 10.8. The molecule has 17 heavy (non-hydrogen) atoms. The molecule has 2 amide bonds. The molecule has 5 heteroatoms. The van der Waals surface area contributed by atoms with Gasteiger partial charge in [0.05, 0.1) is 0 Å². The maximum absolute atomic E-state index is 11.9. The summed E-state index contributed by atoms with van der Waals surface area (Å²) < 4.78 is 0. The van der Waals surface area contributed by atoms with Gasteiger partial charge in [0.1, 0.15) is 11.4 Å². The number of hydrogen-bond donors (Lipinski definition) is 1. The molecule has 1 fully saturated rings.